The molecular formula is C16H13BrO. The molecule has 0 saturated carbocycles. The number of carbonyl (C=O) groups is 1. The van der Waals surface area contributed by atoms with Gasteiger partial charge in [-0.15, -0.1) is 0 Å². The van der Waals surface area contributed by atoms with Crippen molar-refractivity contribution in [2.75, 3.05) is 0 Å². The molecule has 0 amide bonds. The molecule has 1 nitrogen and oxygen atoms in total. The van der Waals surface area contributed by atoms with E-state index in [9.17, 15) is 4.79 Å². The number of alkyl halides is 1. The summed E-state index contributed by atoms with van der Waals surface area (Å²) in [6, 6.07) is 16.0. The molecule has 2 aromatic rings. The van der Waals surface area contributed by atoms with Crippen molar-refractivity contribution in [1.82, 2.24) is 0 Å². The average Bonchev–Trinajstić information content (AvgIpc) is 2.63. The van der Waals surface area contributed by atoms with Crippen molar-refractivity contribution in [2.24, 2.45) is 0 Å². The summed E-state index contributed by atoms with van der Waals surface area (Å²) in [4.78, 5) is 12.6. The number of hydrogen-bond donors (Lipinski definition) is 0. The van der Waals surface area contributed by atoms with Gasteiger partial charge in [-0.25, -0.2) is 0 Å². The Bertz CT molecular complexity index is 618. The molecule has 1 atom stereocenters. The van der Waals surface area contributed by atoms with E-state index in [2.05, 4.69) is 28.9 Å². The lowest BCUT2D eigenvalue weighted by Crippen LogP contribution is -2.25. The molecule has 0 radical (unpaired) electrons. The molecule has 2 aromatic carbocycles. The average molecular weight is 301 g/mol. The van der Waals surface area contributed by atoms with Gasteiger partial charge >= 0.3 is 0 Å². The monoisotopic (exact) mass is 300 g/mol. The number of carbonyl (C=O) groups excluding carboxylic acids is 1. The van der Waals surface area contributed by atoms with E-state index >= 15 is 0 Å². The minimum absolute atomic E-state index is 0.170. The van der Waals surface area contributed by atoms with Crippen LogP contribution in [0.1, 0.15) is 27.0 Å². The summed E-state index contributed by atoms with van der Waals surface area (Å²) in [5.74, 6) is 0.170. The van der Waals surface area contributed by atoms with Crippen LogP contribution in [0.4, 0.5) is 0 Å². The lowest BCUT2D eigenvalue weighted by Gasteiger charge is -2.20. The van der Waals surface area contributed by atoms with Crippen LogP contribution in [0.3, 0.4) is 0 Å². The van der Waals surface area contributed by atoms with Crippen molar-refractivity contribution in [3.05, 3.63) is 70.8 Å². The number of halogens is 1. The van der Waals surface area contributed by atoms with Crippen molar-refractivity contribution in [3.63, 3.8) is 0 Å². The van der Waals surface area contributed by atoms with Gasteiger partial charge in [0.1, 0.15) is 4.32 Å². The van der Waals surface area contributed by atoms with E-state index in [-0.39, 0.29) is 5.78 Å². The summed E-state index contributed by atoms with van der Waals surface area (Å²) in [7, 11) is 0. The van der Waals surface area contributed by atoms with Crippen LogP contribution in [0, 0.1) is 6.92 Å². The van der Waals surface area contributed by atoms with Crippen LogP contribution in [-0.4, -0.2) is 5.78 Å². The Morgan fingerprint density at radius 2 is 1.83 bits per heavy atom. The largest absolute Gasteiger partial charge is 0.292 e. The van der Waals surface area contributed by atoms with Gasteiger partial charge in [0, 0.05) is 5.56 Å². The predicted molar refractivity (Wildman–Crippen MR) is 76.3 cm³/mol. The molecule has 2 heteroatoms. The van der Waals surface area contributed by atoms with E-state index in [1.807, 2.05) is 42.5 Å². The number of aryl methyl sites for hydroxylation is 1. The summed E-state index contributed by atoms with van der Waals surface area (Å²) in [5.41, 5.74) is 4.22. The fourth-order valence-electron chi connectivity index (χ4n) is 2.58. The Hall–Kier alpha value is -1.41. The van der Waals surface area contributed by atoms with Crippen LogP contribution < -0.4 is 0 Å². The van der Waals surface area contributed by atoms with Gasteiger partial charge in [-0.1, -0.05) is 70.0 Å². The molecule has 0 fully saturated rings. The van der Waals surface area contributed by atoms with Crippen molar-refractivity contribution in [1.29, 1.82) is 0 Å². The first-order valence-corrected chi connectivity index (χ1v) is 6.79. The van der Waals surface area contributed by atoms with Crippen LogP contribution in [0.2, 0.25) is 0 Å². The number of benzene rings is 2. The first-order chi connectivity index (χ1) is 8.61. The van der Waals surface area contributed by atoms with Crippen LogP contribution >= 0.6 is 15.9 Å². The lowest BCUT2D eigenvalue weighted by molar-refractivity contribution is 0.0960. The quantitative estimate of drug-likeness (QED) is 0.727. The summed E-state index contributed by atoms with van der Waals surface area (Å²) in [6.07, 6.45) is 0.729. The van der Waals surface area contributed by atoms with Crippen LogP contribution in [0.5, 0.6) is 0 Å². The zero-order valence-electron chi connectivity index (χ0n) is 10.1. The van der Waals surface area contributed by atoms with Crippen LogP contribution in [0.15, 0.2) is 48.5 Å². The van der Waals surface area contributed by atoms with Gasteiger partial charge in [0.15, 0.2) is 5.78 Å². The third-order valence-electron chi connectivity index (χ3n) is 3.53. The second kappa shape index (κ2) is 4.06. The number of Topliss-reactive ketones (excluding diaryl/α,β-unsaturated/α-hetero) is 1. The van der Waals surface area contributed by atoms with Gasteiger partial charge in [0.05, 0.1) is 0 Å². The second-order valence-corrected chi connectivity index (χ2v) is 6.19. The molecule has 0 N–H and O–H groups in total. The normalized spacial score (nSPS) is 22.0. The van der Waals surface area contributed by atoms with E-state index < -0.39 is 4.32 Å². The maximum absolute atomic E-state index is 12.6. The third-order valence-corrected chi connectivity index (χ3v) is 4.63. The minimum atomic E-state index is -0.579. The Morgan fingerprint density at radius 1 is 1.11 bits per heavy atom. The fraction of sp³-hybridized carbons (Fsp3) is 0.188. The first kappa shape index (κ1) is 11.7. The van der Waals surface area contributed by atoms with Crippen LogP contribution in [-0.2, 0) is 10.7 Å². The zero-order chi connectivity index (χ0) is 12.8. The number of rotatable bonds is 1. The van der Waals surface area contributed by atoms with Gasteiger partial charge < -0.3 is 0 Å². The van der Waals surface area contributed by atoms with Crippen molar-refractivity contribution >= 4 is 21.7 Å². The molecule has 0 aliphatic heterocycles. The molecule has 90 valence electrons. The Morgan fingerprint density at radius 3 is 2.56 bits per heavy atom. The zero-order valence-corrected chi connectivity index (χ0v) is 11.7. The molecule has 0 heterocycles. The topological polar surface area (TPSA) is 17.1 Å². The summed E-state index contributed by atoms with van der Waals surface area (Å²) in [6.45, 7) is 2.06. The highest BCUT2D eigenvalue weighted by atomic mass is 79.9. The summed E-state index contributed by atoms with van der Waals surface area (Å²) in [5, 5.41) is 0. The number of fused-ring (bicyclic) bond motifs is 1. The second-order valence-electron chi connectivity index (χ2n) is 4.83. The Labute approximate surface area is 115 Å². The van der Waals surface area contributed by atoms with Crippen LogP contribution in [0.25, 0.3) is 0 Å². The SMILES string of the molecule is Cc1ccc2c(c1)CC(Br)(c1ccccc1)C2=O. The standard InChI is InChI=1S/C16H13BrO/c1-11-7-8-14-12(9-11)10-16(17,15(14)18)13-5-3-2-4-6-13/h2-9H,10H2,1H3. The van der Waals surface area contributed by atoms with Gasteiger partial charge in [0.2, 0.25) is 0 Å². The molecule has 0 spiro atoms. The number of hydrogen-bond acceptors (Lipinski definition) is 1. The molecule has 1 aliphatic rings. The van der Waals surface area contributed by atoms with Crippen molar-refractivity contribution in [2.45, 2.75) is 17.7 Å². The fourth-order valence-corrected chi connectivity index (χ4v) is 3.36. The maximum atomic E-state index is 12.6. The van der Waals surface area contributed by atoms with Gasteiger partial charge in [-0.2, -0.15) is 0 Å². The van der Waals surface area contributed by atoms with Crippen molar-refractivity contribution < 1.29 is 4.79 Å². The Balaban J connectivity index is 2.11. The van der Waals surface area contributed by atoms with E-state index in [0.29, 0.717) is 0 Å². The molecule has 0 bridgehead atoms. The molecule has 1 aliphatic carbocycles. The Kier molecular flexibility index (Phi) is 2.63. The van der Waals surface area contributed by atoms with Crippen molar-refractivity contribution in [3.8, 4) is 0 Å². The van der Waals surface area contributed by atoms with E-state index in [0.717, 1.165) is 23.1 Å². The maximum Gasteiger partial charge on any atom is 0.184 e. The molecule has 0 saturated heterocycles. The third kappa shape index (κ3) is 1.64. The van der Waals surface area contributed by atoms with E-state index in [4.69, 9.17) is 0 Å². The first-order valence-electron chi connectivity index (χ1n) is 6.00. The number of ketones is 1. The summed E-state index contributed by atoms with van der Waals surface area (Å²) >= 11 is 3.68. The predicted octanol–water partition coefficient (Wildman–Crippen LogP) is 4.02. The van der Waals surface area contributed by atoms with Gasteiger partial charge in [-0.3, -0.25) is 4.79 Å². The highest BCUT2D eigenvalue weighted by Gasteiger charge is 2.44. The summed E-state index contributed by atoms with van der Waals surface area (Å²) < 4.78 is -0.579. The van der Waals surface area contributed by atoms with E-state index in [1.54, 1.807) is 0 Å². The molecule has 3 rings (SSSR count). The smallest absolute Gasteiger partial charge is 0.184 e. The molecular weight excluding hydrogens is 288 g/mol. The highest BCUT2D eigenvalue weighted by molar-refractivity contribution is 9.10. The van der Waals surface area contributed by atoms with Gasteiger partial charge in [0.25, 0.3) is 0 Å². The highest BCUT2D eigenvalue weighted by Crippen LogP contribution is 2.44. The lowest BCUT2D eigenvalue weighted by atomic mass is 9.95. The molecule has 18 heavy (non-hydrogen) atoms. The minimum Gasteiger partial charge on any atom is -0.292 e. The van der Waals surface area contributed by atoms with Gasteiger partial charge in [-0.05, 0) is 24.5 Å². The molecule has 1 unspecified atom stereocenters. The molecule has 0 aromatic heterocycles. The van der Waals surface area contributed by atoms with E-state index in [1.165, 1.54) is 5.56 Å².